The monoisotopic (exact) mass is 558 g/mol. The van der Waals surface area contributed by atoms with E-state index in [1.54, 1.807) is 6.07 Å². The van der Waals surface area contributed by atoms with Gasteiger partial charge in [-0.15, -0.1) is 0 Å². The van der Waals surface area contributed by atoms with E-state index in [0.717, 1.165) is 18.2 Å². The lowest BCUT2D eigenvalue weighted by molar-refractivity contribution is -0.140. The molecule has 1 amide bonds. The molecule has 35 heavy (non-hydrogen) atoms. The van der Waals surface area contributed by atoms with Gasteiger partial charge >= 0.3 is 12.4 Å². The van der Waals surface area contributed by atoms with Crippen LogP contribution in [-0.4, -0.2) is 17.6 Å². The van der Waals surface area contributed by atoms with Gasteiger partial charge in [-0.05, 0) is 48.7 Å². The zero-order chi connectivity index (χ0) is 26.3. The molecule has 0 spiro atoms. The summed E-state index contributed by atoms with van der Waals surface area (Å²) in [4.78, 5) is 12.3. The summed E-state index contributed by atoms with van der Waals surface area (Å²) in [7, 11) is 0. The summed E-state index contributed by atoms with van der Waals surface area (Å²) >= 11 is 17.3. The normalized spacial score (nSPS) is 16.4. The molecule has 1 unspecified atom stereocenters. The molecule has 0 aromatic heterocycles. The number of hydrogen-bond donors (Lipinski definition) is 1. The van der Waals surface area contributed by atoms with E-state index in [0.29, 0.717) is 6.07 Å². The fraction of sp³-hybridized carbons (Fsp3) is 0.273. The molecule has 1 aliphatic carbocycles. The zero-order valence-corrected chi connectivity index (χ0v) is 19.4. The summed E-state index contributed by atoms with van der Waals surface area (Å²) in [5, 5.41) is 10.3. The van der Waals surface area contributed by atoms with Crippen LogP contribution in [0.3, 0.4) is 0 Å². The van der Waals surface area contributed by atoms with Crippen LogP contribution in [0.4, 0.5) is 30.7 Å². The van der Waals surface area contributed by atoms with Crippen LogP contribution in [0.25, 0.3) is 5.83 Å². The van der Waals surface area contributed by atoms with Gasteiger partial charge in [0.1, 0.15) is 17.3 Å². The van der Waals surface area contributed by atoms with E-state index >= 15 is 0 Å². The van der Waals surface area contributed by atoms with E-state index < -0.39 is 57.8 Å². The molecule has 0 heterocycles. The Hall–Kier alpha value is -2.48. The van der Waals surface area contributed by atoms with Gasteiger partial charge in [-0.3, -0.25) is 4.79 Å². The quantitative estimate of drug-likeness (QED) is 0.297. The summed E-state index contributed by atoms with van der Waals surface area (Å²) in [6, 6.07) is 5.01. The first-order valence-corrected chi connectivity index (χ1v) is 10.8. The highest BCUT2D eigenvalue weighted by molar-refractivity contribution is 6.48. The number of nitrogens with zero attached hydrogens (tertiary/aromatic N) is 1. The van der Waals surface area contributed by atoms with Crippen LogP contribution < -0.4 is 5.32 Å². The fourth-order valence-electron chi connectivity index (χ4n) is 3.18. The summed E-state index contributed by atoms with van der Waals surface area (Å²) in [6.07, 6.45) is -9.64. The zero-order valence-electron chi connectivity index (χ0n) is 17.1. The lowest BCUT2D eigenvalue weighted by Crippen LogP contribution is -2.36. The highest BCUT2D eigenvalue weighted by Gasteiger charge is 2.46. The highest BCUT2D eigenvalue weighted by atomic mass is 35.5. The van der Waals surface area contributed by atoms with Crippen molar-refractivity contribution in [3.05, 3.63) is 73.7 Å². The number of carbonyl (C=O) groups is 1. The minimum Gasteiger partial charge on any atom is -0.334 e. The first-order valence-electron chi connectivity index (χ1n) is 9.62. The molecule has 2 aromatic carbocycles. The fourth-order valence-corrected chi connectivity index (χ4v) is 3.79. The second-order valence-corrected chi connectivity index (χ2v) is 8.93. The predicted octanol–water partition coefficient (Wildman–Crippen LogP) is 8.11. The molecule has 1 saturated carbocycles. The number of nitriles is 1. The molecule has 0 bridgehead atoms. The Morgan fingerprint density at radius 1 is 1.06 bits per heavy atom. The Morgan fingerprint density at radius 2 is 1.63 bits per heavy atom. The smallest absolute Gasteiger partial charge is 0.334 e. The van der Waals surface area contributed by atoms with Crippen molar-refractivity contribution in [2.75, 3.05) is 0 Å². The summed E-state index contributed by atoms with van der Waals surface area (Å²) in [5.41, 5.74) is -5.20. The van der Waals surface area contributed by atoms with Crippen LogP contribution >= 0.6 is 34.8 Å². The maximum absolute atomic E-state index is 14.9. The summed E-state index contributed by atoms with van der Waals surface area (Å²) in [6.45, 7) is 0. The number of hydrogen-bond acceptors (Lipinski definition) is 2. The average Bonchev–Trinajstić information content (AvgIpc) is 3.53. The first-order chi connectivity index (χ1) is 16.1. The third kappa shape index (κ3) is 6.02. The van der Waals surface area contributed by atoms with E-state index in [4.69, 9.17) is 40.1 Å². The lowest BCUT2D eigenvalue weighted by Gasteiger charge is -2.19. The standard InChI is InChI=1S/C22H12Cl3F7N2O/c23-15-6-11(7-16(24)18(15)25)13(21(27,28)29)8-17(26)10-1-2-12(14(5-10)22(30,31)32)19(35)34-20(9-33)3-4-20/h1-2,5-8,13H,3-4H2,(H,34,35)/b17-8-. The van der Waals surface area contributed by atoms with E-state index in [2.05, 4.69) is 5.32 Å². The molecule has 1 fully saturated rings. The Morgan fingerprint density at radius 3 is 2.09 bits per heavy atom. The second-order valence-electron chi connectivity index (χ2n) is 7.74. The van der Waals surface area contributed by atoms with E-state index in [1.165, 1.54) is 0 Å². The molecule has 13 heteroatoms. The molecule has 0 aliphatic heterocycles. The number of allylic oxidation sites excluding steroid dienone is 1. The van der Waals surface area contributed by atoms with Crippen LogP contribution in [0, 0.1) is 11.3 Å². The molecule has 0 saturated heterocycles. The van der Waals surface area contributed by atoms with Crippen molar-refractivity contribution < 1.29 is 35.5 Å². The van der Waals surface area contributed by atoms with Gasteiger partial charge in [0, 0.05) is 5.56 Å². The van der Waals surface area contributed by atoms with Crippen LogP contribution in [0.2, 0.25) is 15.1 Å². The molecule has 0 radical (unpaired) electrons. The van der Waals surface area contributed by atoms with Crippen molar-refractivity contribution in [1.82, 2.24) is 5.32 Å². The predicted molar refractivity (Wildman–Crippen MR) is 116 cm³/mol. The first kappa shape index (κ1) is 27.1. The largest absolute Gasteiger partial charge is 0.417 e. The Bertz CT molecular complexity index is 1220. The molecule has 1 atom stereocenters. The summed E-state index contributed by atoms with van der Waals surface area (Å²) < 4.78 is 96.8. The Balaban J connectivity index is 2.05. The molecule has 2 aromatic rings. The number of alkyl halides is 6. The molecule has 1 N–H and O–H groups in total. The minimum atomic E-state index is -5.15. The van der Waals surface area contributed by atoms with Gasteiger partial charge in [-0.25, -0.2) is 4.39 Å². The number of carbonyl (C=O) groups excluding carboxylic acids is 1. The van der Waals surface area contributed by atoms with Gasteiger partial charge in [0.05, 0.1) is 32.3 Å². The molecule has 3 rings (SSSR count). The van der Waals surface area contributed by atoms with E-state index in [9.17, 15) is 35.5 Å². The van der Waals surface area contributed by atoms with Crippen molar-refractivity contribution in [3.8, 4) is 6.07 Å². The summed E-state index contributed by atoms with van der Waals surface area (Å²) in [5.74, 6) is -5.48. The van der Waals surface area contributed by atoms with Crippen LogP contribution in [0.5, 0.6) is 0 Å². The number of halogens is 10. The average molecular weight is 560 g/mol. The third-order valence-corrected chi connectivity index (χ3v) is 6.39. The van der Waals surface area contributed by atoms with Gasteiger partial charge in [0.2, 0.25) is 0 Å². The highest BCUT2D eigenvalue weighted by Crippen LogP contribution is 2.43. The van der Waals surface area contributed by atoms with Crippen molar-refractivity contribution in [1.29, 1.82) is 5.26 Å². The van der Waals surface area contributed by atoms with Gasteiger partial charge < -0.3 is 5.32 Å². The van der Waals surface area contributed by atoms with Crippen LogP contribution in [0.1, 0.15) is 45.8 Å². The third-order valence-electron chi connectivity index (χ3n) is 5.19. The topological polar surface area (TPSA) is 52.9 Å². The van der Waals surface area contributed by atoms with E-state index in [-0.39, 0.29) is 40.1 Å². The van der Waals surface area contributed by atoms with Gasteiger partial charge in [-0.2, -0.15) is 31.6 Å². The Labute approximate surface area is 209 Å². The van der Waals surface area contributed by atoms with Crippen molar-refractivity contribution in [2.24, 2.45) is 0 Å². The molecule has 3 nitrogen and oxygen atoms in total. The number of benzene rings is 2. The van der Waals surface area contributed by atoms with Gasteiger partial charge in [0.25, 0.3) is 5.91 Å². The molecular formula is C22H12Cl3F7N2O. The number of rotatable bonds is 5. The van der Waals surface area contributed by atoms with Crippen LogP contribution in [-0.2, 0) is 6.18 Å². The maximum Gasteiger partial charge on any atom is 0.417 e. The molecule has 186 valence electrons. The van der Waals surface area contributed by atoms with Crippen molar-refractivity contribution in [3.63, 3.8) is 0 Å². The molecule has 1 aliphatic rings. The van der Waals surface area contributed by atoms with Gasteiger partial charge in [-0.1, -0.05) is 40.9 Å². The van der Waals surface area contributed by atoms with Gasteiger partial charge in [0.15, 0.2) is 0 Å². The van der Waals surface area contributed by atoms with Crippen molar-refractivity contribution >= 4 is 46.5 Å². The molecular weight excluding hydrogens is 548 g/mol. The number of amides is 1. The minimum absolute atomic E-state index is 0.0694. The van der Waals surface area contributed by atoms with Crippen molar-refractivity contribution in [2.45, 2.75) is 36.7 Å². The second kappa shape index (κ2) is 9.52. The Kier molecular flexibility index (Phi) is 7.38. The number of nitrogens with one attached hydrogen (secondary N) is 1. The lowest BCUT2D eigenvalue weighted by atomic mass is 9.95. The maximum atomic E-state index is 14.9. The van der Waals surface area contributed by atoms with E-state index in [1.807, 2.05) is 0 Å². The SMILES string of the molecule is N#CC1(NC(=O)c2ccc(/C(F)=C/C(c3cc(Cl)c(Cl)c(Cl)c3)C(F)(F)F)cc2C(F)(F)F)CC1. The van der Waals surface area contributed by atoms with Crippen LogP contribution in [0.15, 0.2) is 36.4 Å².